The lowest BCUT2D eigenvalue weighted by Gasteiger charge is -2.03. The molecule has 0 saturated heterocycles. The molecule has 0 atom stereocenters. The third-order valence-corrected chi connectivity index (χ3v) is 3.39. The fraction of sp³-hybridized carbons (Fsp3) is 0.357. The molecule has 0 aliphatic heterocycles. The van der Waals surface area contributed by atoms with Gasteiger partial charge >= 0.3 is 0 Å². The van der Waals surface area contributed by atoms with Gasteiger partial charge in [-0.2, -0.15) is 5.10 Å². The minimum atomic E-state index is -0.269. The standard InChI is InChI=1S/C14H16ClFN2O/c1-9(2)13-12(8-19)14(15)18(17-13)7-10-3-5-11(16)6-4-10/h3-6,9,19H,7-8H2,1-2H3. The van der Waals surface area contributed by atoms with Gasteiger partial charge in [-0.1, -0.05) is 37.6 Å². The summed E-state index contributed by atoms with van der Waals surface area (Å²) in [6, 6.07) is 6.20. The molecule has 0 fully saturated rings. The maximum absolute atomic E-state index is 12.9. The van der Waals surface area contributed by atoms with E-state index in [0.717, 1.165) is 11.3 Å². The van der Waals surface area contributed by atoms with Gasteiger partial charge in [0, 0.05) is 5.56 Å². The first kappa shape index (κ1) is 14.0. The molecule has 0 aliphatic rings. The van der Waals surface area contributed by atoms with E-state index >= 15 is 0 Å². The second-order valence-corrected chi connectivity index (χ2v) is 5.11. The fourth-order valence-electron chi connectivity index (χ4n) is 1.97. The van der Waals surface area contributed by atoms with Crippen LogP contribution in [-0.2, 0) is 13.2 Å². The second-order valence-electron chi connectivity index (χ2n) is 4.75. The first-order valence-electron chi connectivity index (χ1n) is 6.13. The molecular formula is C14H16ClFN2O. The lowest BCUT2D eigenvalue weighted by molar-refractivity contribution is 0.280. The number of rotatable bonds is 4. The summed E-state index contributed by atoms with van der Waals surface area (Å²) in [5.41, 5.74) is 2.37. The zero-order valence-corrected chi connectivity index (χ0v) is 11.7. The molecule has 0 aliphatic carbocycles. The summed E-state index contributed by atoms with van der Waals surface area (Å²) in [5, 5.41) is 14.2. The molecule has 0 bridgehead atoms. The molecule has 1 aromatic heterocycles. The van der Waals surface area contributed by atoms with Gasteiger partial charge in [-0.25, -0.2) is 9.07 Å². The lowest BCUT2D eigenvalue weighted by atomic mass is 10.1. The van der Waals surface area contributed by atoms with Crippen LogP contribution in [-0.4, -0.2) is 14.9 Å². The van der Waals surface area contributed by atoms with E-state index in [1.54, 1.807) is 16.8 Å². The molecule has 19 heavy (non-hydrogen) atoms. The van der Waals surface area contributed by atoms with E-state index in [2.05, 4.69) is 5.10 Å². The Morgan fingerprint density at radius 3 is 2.42 bits per heavy atom. The third kappa shape index (κ3) is 2.96. The summed E-state index contributed by atoms with van der Waals surface area (Å²) >= 11 is 6.22. The van der Waals surface area contributed by atoms with Gasteiger partial charge in [-0.05, 0) is 23.6 Å². The summed E-state index contributed by atoms with van der Waals surface area (Å²) in [6.07, 6.45) is 0. The molecule has 1 heterocycles. The first-order chi connectivity index (χ1) is 9.02. The van der Waals surface area contributed by atoms with Crippen molar-refractivity contribution in [3.05, 3.63) is 52.1 Å². The maximum atomic E-state index is 12.9. The van der Waals surface area contributed by atoms with E-state index in [4.69, 9.17) is 11.6 Å². The molecule has 3 nitrogen and oxygen atoms in total. The Kier molecular flexibility index (Phi) is 4.22. The van der Waals surface area contributed by atoms with E-state index < -0.39 is 0 Å². The van der Waals surface area contributed by atoms with Gasteiger partial charge < -0.3 is 5.11 Å². The van der Waals surface area contributed by atoms with Crippen molar-refractivity contribution in [2.75, 3.05) is 0 Å². The molecule has 5 heteroatoms. The molecule has 0 radical (unpaired) electrons. The predicted octanol–water partition coefficient (Wildman–Crippen LogP) is 3.34. The minimum absolute atomic E-state index is 0.129. The summed E-state index contributed by atoms with van der Waals surface area (Å²) in [5.74, 6) is -0.0802. The third-order valence-electron chi connectivity index (χ3n) is 2.96. The Labute approximate surface area is 116 Å². The predicted molar refractivity (Wildman–Crippen MR) is 72.8 cm³/mol. The summed E-state index contributed by atoms with van der Waals surface area (Å²) in [4.78, 5) is 0. The minimum Gasteiger partial charge on any atom is -0.391 e. The Morgan fingerprint density at radius 1 is 1.32 bits per heavy atom. The Balaban J connectivity index is 2.32. The Bertz CT molecular complexity index is 564. The Morgan fingerprint density at radius 2 is 1.95 bits per heavy atom. The van der Waals surface area contributed by atoms with Crippen LogP contribution >= 0.6 is 11.6 Å². The van der Waals surface area contributed by atoms with Gasteiger partial charge in [0.1, 0.15) is 11.0 Å². The number of nitrogens with zero attached hydrogens (tertiary/aromatic N) is 2. The van der Waals surface area contributed by atoms with Gasteiger partial charge in [0.15, 0.2) is 0 Å². The zero-order chi connectivity index (χ0) is 14.0. The number of aromatic nitrogens is 2. The molecule has 102 valence electrons. The van der Waals surface area contributed by atoms with Crippen LogP contribution in [0.3, 0.4) is 0 Å². The number of hydrogen-bond donors (Lipinski definition) is 1. The van der Waals surface area contributed by atoms with Gasteiger partial charge in [0.2, 0.25) is 0 Å². The lowest BCUT2D eigenvalue weighted by Crippen LogP contribution is -2.03. The largest absolute Gasteiger partial charge is 0.391 e. The molecular weight excluding hydrogens is 267 g/mol. The highest BCUT2D eigenvalue weighted by molar-refractivity contribution is 6.30. The SMILES string of the molecule is CC(C)c1nn(Cc2ccc(F)cc2)c(Cl)c1CO. The number of halogens is 2. The van der Waals surface area contributed by atoms with Gasteiger partial charge in [-0.3, -0.25) is 0 Å². The van der Waals surface area contributed by atoms with Crippen LogP contribution in [0.25, 0.3) is 0 Å². The van der Waals surface area contributed by atoms with Crippen molar-refractivity contribution in [1.29, 1.82) is 0 Å². The van der Waals surface area contributed by atoms with E-state index in [-0.39, 0.29) is 18.3 Å². The van der Waals surface area contributed by atoms with Crippen molar-refractivity contribution < 1.29 is 9.50 Å². The molecule has 2 rings (SSSR count). The van der Waals surface area contributed by atoms with Crippen molar-refractivity contribution in [3.8, 4) is 0 Å². The average Bonchev–Trinajstić information content (AvgIpc) is 2.69. The number of benzene rings is 1. The van der Waals surface area contributed by atoms with Crippen molar-refractivity contribution in [2.24, 2.45) is 0 Å². The van der Waals surface area contributed by atoms with Crippen LogP contribution in [0.5, 0.6) is 0 Å². The fourth-order valence-corrected chi connectivity index (χ4v) is 2.23. The molecule has 0 saturated carbocycles. The summed E-state index contributed by atoms with van der Waals surface area (Å²) in [6.45, 7) is 4.33. The molecule has 0 unspecified atom stereocenters. The highest BCUT2D eigenvalue weighted by Crippen LogP contribution is 2.26. The molecule has 1 N–H and O–H groups in total. The van der Waals surface area contributed by atoms with E-state index in [9.17, 15) is 9.50 Å². The van der Waals surface area contributed by atoms with Gasteiger partial charge in [0.25, 0.3) is 0 Å². The highest BCUT2D eigenvalue weighted by Gasteiger charge is 2.17. The smallest absolute Gasteiger partial charge is 0.133 e. The Hall–Kier alpha value is -1.39. The molecule has 1 aromatic carbocycles. The van der Waals surface area contributed by atoms with Crippen LogP contribution in [0, 0.1) is 5.82 Å². The van der Waals surface area contributed by atoms with E-state index in [0.29, 0.717) is 17.3 Å². The molecule has 0 spiro atoms. The van der Waals surface area contributed by atoms with Crippen molar-refractivity contribution >= 4 is 11.6 Å². The number of aliphatic hydroxyl groups excluding tert-OH is 1. The summed E-state index contributed by atoms with van der Waals surface area (Å²) in [7, 11) is 0. The van der Waals surface area contributed by atoms with Crippen LogP contribution in [0.2, 0.25) is 5.15 Å². The van der Waals surface area contributed by atoms with E-state index in [1.165, 1.54) is 12.1 Å². The number of hydrogen-bond acceptors (Lipinski definition) is 2. The normalized spacial score (nSPS) is 11.3. The van der Waals surface area contributed by atoms with Crippen LogP contribution < -0.4 is 0 Å². The van der Waals surface area contributed by atoms with Crippen molar-refractivity contribution in [1.82, 2.24) is 9.78 Å². The highest BCUT2D eigenvalue weighted by atomic mass is 35.5. The number of aliphatic hydroxyl groups is 1. The zero-order valence-electron chi connectivity index (χ0n) is 10.9. The van der Waals surface area contributed by atoms with E-state index in [1.807, 2.05) is 13.8 Å². The second kappa shape index (κ2) is 5.72. The average molecular weight is 283 g/mol. The molecule has 2 aromatic rings. The molecule has 0 amide bonds. The topological polar surface area (TPSA) is 38.0 Å². The monoisotopic (exact) mass is 282 g/mol. The van der Waals surface area contributed by atoms with Gasteiger partial charge in [-0.15, -0.1) is 0 Å². The first-order valence-corrected chi connectivity index (χ1v) is 6.51. The van der Waals surface area contributed by atoms with Crippen LogP contribution in [0.15, 0.2) is 24.3 Å². The van der Waals surface area contributed by atoms with Gasteiger partial charge in [0.05, 0.1) is 18.8 Å². The van der Waals surface area contributed by atoms with Crippen molar-refractivity contribution in [3.63, 3.8) is 0 Å². The maximum Gasteiger partial charge on any atom is 0.133 e. The van der Waals surface area contributed by atoms with Crippen LogP contribution in [0.4, 0.5) is 4.39 Å². The summed E-state index contributed by atoms with van der Waals surface area (Å²) < 4.78 is 14.5. The van der Waals surface area contributed by atoms with Crippen LogP contribution in [0.1, 0.15) is 36.6 Å². The quantitative estimate of drug-likeness (QED) is 0.934. The van der Waals surface area contributed by atoms with Crippen molar-refractivity contribution in [2.45, 2.75) is 32.9 Å².